The zero-order valence-electron chi connectivity index (χ0n) is 13.2. The minimum Gasteiger partial charge on any atom is -0.493 e. The standard InChI is InChI=1S/C16H26N2O3/c1-17-7-8-18(12-14(17)6-9-19)11-13-4-5-15(20-2)16(10-13)21-3/h4-5,10,14,19H,6-9,11-12H2,1-3H3/t14-/m0/s1. The fourth-order valence-electron chi connectivity index (χ4n) is 2.85. The number of aliphatic hydroxyl groups is 1. The third kappa shape index (κ3) is 4.09. The van der Waals surface area contributed by atoms with E-state index in [4.69, 9.17) is 14.6 Å². The van der Waals surface area contributed by atoms with Crippen LogP contribution in [0.3, 0.4) is 0 Å². The van der Waals surface area contributed by atoms with Crippen molar-refractivity contribution in [1.82, 2.24) is 9.80 Å². The third-order valence-corrected chi connectivity index (χ3v) is 4.18. The quantitative estimate of drug-likeness (QED) is 0.854. The van der Waals surface area contributed by atoms with Crippen LogP contribution in [0.1, 0.15) is 12.0 Å². The van der Waals surface area contributed by atoms with E-state index in [0.29, 0.717) is 6.04 Å². The molecule has 0 aromatic heterocycles. The van der Waals surface area contributed by atoms with Crippen LogP contribution >= 0.6 is 0 Å². The van der Waals surface area contributed by atoms with Gasteiger partial charge in [0.15, 0.2) is 11.5 Å². The Labute approximate surface area is 127 Å². The van der Waals surface area contributed by atoms with Gasteiger partial charge in [0.2, 0.25) is 0 Å². The molecule has 1 aromatic rings. The second-order valence-corrected chi connectivity index (χ2v) is 5.57. The molecule has 1 N–H and O–H groups in total. The second-order valence-electron chi connectivity index (χ2n) is 5.57. The maximum absolute atomic E-state index is 9.16. The van der Waals surface area contributed by atoms with Crippen LogP contribution in [0.25, 0.3) is 0 Å². The first-order valence-corrected chi connectivity index (χ1v) is 7.42. The lowest BCUT2D eigenvalue weighted by molar-refractivity contribution is 0.0742. The first-order valence-electron chi connectivity index (χ1n) is 7.42. The van der Waals surface area contributed by atoms with Gasteiger partial charge in [0, 0.05) is 38.8 Å². The zero-order chi connectivity index (χ0) is 15.2. The van der Waals surface area contributed by atoms with Gasteiger partial charge in [-0.15, -0.1) is 0 Å². The number of hydrogen-bond donors (Lipinski definition) is 1. The molecule has 0 radical (unpaired) electrons. The van der Waals surface area contributed by atoms with Gasteiger partial charge in [0.25, 0.3) is 0 Å². The molecule has 0 bridgehead atoms. The molecule has 1 fully saturated rings. The number of rotatable bonds is 6. The van der Waals surface area contributed by atoms with Crippen molar-refractivity contribution in [2.45, 2.75) is 19.0 Å². The maximum Gasteiger partial charge on any atom is 0.161 e. The van der Waals surface area contributed by atoms with Gasteiger partial charge in [-0.3, -0.25) is 4.90 Å². The maximum atomic E-state index is 9.16. The fourth-order valence-corrected chi connectivity index (χ4v) is 2.85. The highest BCUT2D eigenvalue weighted by atomic mass is 16.5. The number of methoxy groups -OCH3 is 2. The van der Waals surface area contributed by atoms with Crippen molar-refractivity contribution >= 4 is 0 Å². The van der Waals surface area contributed by atoms with E-state index in [0.717, 1.165) is 44.1 Å². The molecule has 2 rings (SSSR count). The predicted octanol–water partition coefficient (Wildman–Crippen LogP) is 1.20. The molecule has 5 nitrogen and oxygen atoms in total. The van der Waals surface area contributed by atoms with Crippen LogP contribution in [-0.4, -0.2) is 68.5 Å². The SMILES string of the molecule is COc1ccc(CN2CCN(C)[C@@H](CCO)C2)cc1OC. The van der Waals surface area contributed by atoms with E-state index in [2.05, 4.69) is 22.9 Å². The average molecular weight is 294 g/mol. The monoisotopic (exact) mass is 294 g/mol. The Morgan fingerprint density at radius 1 is 1.19 bits per heavy atom. The van der Waals surface area contributed by atoms with Gasteiger partial charge in [-0.2, -0.15) is 0 Å². The molecule has 0 aliphatic carbocycles. The first-order chi connectivity index (χ1) is 10.2. The van der Waals surface area contributed by atoms with Gasteiger partial charge in [-0.1, -0.05) is 6.07 Å². The highest BCUT2D eigenvalue weighted by Crippen LogP contribution is 2.28. The van der Waals surface area contributed by atoms with Crippen LogP contribution in [0.5, 0.6) is 11.5 Å². The summed E-state index contributed by atoms with van der Waals surface area (Å²) in [5.41, 5.74) is 1.22. The van der Waals surface area contributed by atoms with Gasteiger partial charge >= 0.3 is 0 Å². The minimum atomic E-state index is 0.249. The molecule has 1 aliphatic heterocycles. The lowest BCUT2D eigenvalue weighted by atomic mass is 10.1. The molecule has 1 aliphatic rings. The number of piperazine rings is 1. The molecule has 0 unspecified atom stereocenters. The van der Waals surface area contributed by atoms with Crippen molar-refractivity contribution in [3.05, 3.63) is 23.8 Å². The molecule has 1 heterocycles. The largest absolute Gasteiger partial charge is 0.493 e. The summed E-state index contributed by atoms with van der Waals surface area (Å²) in [4.78, 5) is 4.77. The van der Waals surface area contributed by atoms with Gasteiger partial charge < -0.3 is 19.5 Å². The number of hydrogen-bond acceptors (Lipinski definition) is 5. The number of nitrogens with zero attached hydrogens (tertiary/aromatic N) is 2. The number of ether oxygens (including phenoxy) is 2. The molecule has 0 amide bonds. The average Bonchev–Trinajstić information content (AvgIpc) is 2.50. The number of likely N-dealkylation sites (N-methyl/N-ethyl adjacent to an activating group) is 1. The Hall–Kier alpha value is -1.30. The smallest absolute Gasteiger partial charge is 0.161 e. The van der Waals surface area contributed by atoms with Crippen LogP contribution in [0.2, 0.25) is 0 Å². The summed E-state index contributed by atoms with van der Waals surface area (Å²) in [5, 5.41) is 9.16. The highest BCUT2D eigenvalue weighted by molar-refractivity contribution is 5.42. The van der Waals surface area contributed by atoms with Crippen molar-refractivity contribution in [2.75, 3.05) is 47.5 Å². The van der Waals surface area contributed by atoms with Crippen molar-refractivity contribution in [3.8, 4) is 11.5 Å². The Bertz CT molecular complexity index is 453. The van der Waals surface area contributed by atoms with Crippen LogP contribution < -0.4 is 9.47 Å². The molecule has 1 aromatic carbocycles. The molecular weight excluding hydrogens is 268 g/mol. The zero-order valence-corrected chi connectivity index (χ0v) is 13.2. The molecule has 5 heteroatoms. The summed E-state index contributed by atoms with van der Waals surface area (Å²) in [6.07, 6.45) is 0.832. The molecule has 1 saturated heterocycles. The molecule has 0 saturated carbocycles. The van der Waals surface area contributed by atoms with Crippen LogP contribution in [0, 0.1) is 0 Å². The van der Waals surface area contributed by atoms with Gasteiger partial charge in [0.1, 0.15) is 0 Å². The van der Waals surface area contributed by atoms with Crippen molar-refractivity contribution in [1.29, 1.82) is 0 Å². The molecule has 118 valence electrons. The summed E-state index contributed by atoms with van der Waals surface area (Å²) in [5.74, 6) is 1.54. The number of aliphatic hydroxyl groups excluding tert-OH is 1. The fraction of sp³-hybridized carbons (Fsp3) is 0.625. The summed E-state index contributed by atoms with van der Waals surface area (Å²) >= 11 is 0. The van der Waals surface area contributed by atoms with Crippen LogP contribution in [-0.2, 0) is 6.54 Å². The van der Waals surface area contributed by atoms with E-state index in [9.17, 15) is 0 Å². The third-order valence-electron chi connectivity index (χ3n) is 4.18. The van der Waals surface area contributed by atoms with E-state index >= 15 is 0 Å². The van der Waals surface area contributed by atoms with E-state index in [-0.39, 0.29) is 6.61 Å². The van der Waals surface area contributed by atoms with Gasteiger partial charge in [0.05, 0.1) is 14.2 Å². The Morgan fingerprint density at radius 2 is 1.95 bits per heavy atom. The molecule has 1 atom stereocenters. The van der Waals surface area contributed by atoms with Crippen molar-refractivity contribution in [3.63, 3.8) is 0 Å². The van der Waals surface area contributed by atoms with Gasteiger partial charge in [-0.25, -0.2) is 0 Å². The molecule has 0 spiro atoms. The summed E-state index contributed by atoms with van der Waals surface area (Å²) in [7, 11) is 5.44. The second kappa shape index (κ2) is 7.64. The van der Waals surface area contributed by atoms with Crippen LogP contribution in [0.15, 0.2) is 18.2 Å². The van der Waals surface area contributed by atoms with Crippen molar-refractivity contribution < 1.29 is 14.6 Å². The Morgan fingerprint density at radius 3 is 2.62 bits per heavy atom. The predicted molar refractivity (Wildman–Crippen MR) is 82.9 cm³/mol. The summed E-state index contributed by atoms with van der Waals surface area (Å²) in [6.45, 7) is 4.23. The van der Waals surface area contributed by atoms with E-state index in [1.807, 2.05) is 12.1 Å². The normalized spacial score (nSPS) is 20.5. The van der Waals surface area contributed by atoms with E-state index in [1.165, 1.54) is 5.56 Å². The molecule has 21 heavy (non-hydrogen) atoms. The minimum absolute atomic E-state index is 0.249. The Balaban J connectivity index is 2.01. The Kier molecular flexibility index (Phi) is 5.85. The molecular formula is C16H26N2O3. The summed E-state index contributed by atoms with van der Waals surface area (Å²) < 4.78 is 10.6. The summed E-state index contributed by atoms with van der Waals surface area (Å²) in [6, 6.07) is 6.51. The van der Waals surface area contributed by atoms with E-state index in [1.54, 1.807) is 14.2 Å². The van der Waals surface area contributed by atoms with Crippen molar-refractivity contribution in [2.24, 2.45) is 0 Å². The highest BCUT2D eigenvalue weighted by Gasteiger charge is 2.23. The lowest BCUT2D eigenvalue weighted by Gasteiger charge is -2.39. The van der Waals surface area contributed by atoms with Crippen LogP contribution in [0.4, 0.5) is 0 Å². The topological polar surface area (TPSA) is 45.2 Å². The van der Waals surface area contributed by atoms with E-state index < -0.39 is 0 Å². The van der Waals surface area contributed by atoms with Gasteiger partial charge in [-0.05, 0) is 31.2 Å². The lowest BCUT2D eigenvalue weighted by Crippen LogP contribution is -2.51. The number of benzene rings is 1. The first kappa shape index (κ1) is 16.1.